The number of likely N-dealkylation sites (tertiary alicyclic amines) is 1. The lowest BCUT2D eigenvalue weighted by molar-refractivity contribution is -0.139. The largest absolute Gasteiger partial charge is 0.342 e. The van der Waals surface area contributed by atoms with Crippen LogP contribution in [0.2, 0.25) is 0 Å². The van der Waals surface area contributed by atoms with Crippen molar-refractivity contribution in [2.45, 2.75) is 83.1 Å². The van der Waals surface area contributed by atoms with Gasteiger partial charge in [-0.15, -0.1) is 0 Å². The minimum absolute atomic E-state index is 0.0145. The zero-order valence-corrected chi connectivity index (χ0v) is 24.8. The van der Waals surface area contributed by atoms with E-state index in [9.17, 15) is 19.2 Å². The maximum absolute atomic E-state index is 13.0. The number of piperidine rings is 1. The first-order valence-corrected chi connectivity index (χ1v) is 15.7. The first-order valence-electron chi connectivity index (χ1n) is 15.7. The lowest BCUT2D eigenvalue weighted by Gasteiger charge is -2.35. The van der Waals surface area contributed by atoms with Gasteiger partial charge in [0.2, 0.25) is 17.7 Å². The van der Waals surface area contributed by atoms with Gasteiger partial charge in [-0.1, -0.05) is 44.2 Å². The van der Waals surface area contributed by atoms with Gasteiger partial charge in [0.15, 0.2) is 0 Å². The monoisotopic (exact) mass is 572 g/mol. The molecule has 1 atom stereocenters. The summed E-state index contributed by atoms with van der Waals surface area (Å²) in [6.45, 7) is 1.24. The van der Waals surface area contributed by atoms with Crippen LogP contribution in [-0.4, -0.2) is 59.6 Å². The fraction of sp³-hybridized carbons (Fsp3) is 0.529. The van der Waals surface area contributed by atoms with E-state index in [1.807, 2.05) is 41.1 Å². The molecule has 2 aromatic rings. The molecule has 2 aromatic carbocycles. The van der Waals surface area contributed by atoms with Crippen molar-refractivity contribution in [3.8, 4) is 0 Å². The Bertz CT molecular complexity index is 1250. The molecule has 0 aromatic heterocycles. The zero-order chi connectivity index (χ0) is 29.5. The van der Waals surface area contributed by atoms with Gasteiger partial charge in [0.05, 0.1) is 12.3 Å². The fourth-order valence-corrected chi connectivity index (χ4v) is 6.70. The van der Waals surface area contributed by atoms with Crippen molar-refractivity contribution >= 4 is 35.0 Å². The van der Waals surface area contributed by atoms with E-state index < -0.39 is 0 Å². The van der Waals surface area contributed by atoms with Crippen LogP contribution in [-0.2, 0) is 20.8 Å². The van der Waals surface area contributed by atoms with E-state index in [4.69, 9.17) is 0 Å². The molecule has 42 heavy (non-hydrogen) atoms. The maximum atomic E-state index is 13.0. The van der Waals surface area contributed by atoms with E-state index in [1.165, 1.54) is 19.3 Å². The molecule has 4 amide bonds. The van der Waals surface area contributed by atoms with Crippen LogP contribution >= 0.6 is 0 Å². The molecule has 2 aliphatic carbocycles. The third-order valence-corrected chi connectivity index (χ3v) is 9.25. The average Bonchev–Trinajstić information content (AvgIpc) is 3.57. The van der Waals surface area contributed by atoms with E-state index in [-0.39, 0.29) is 41.9 Å². The van der Waals surface area contributed by atoms with Crippen LogP contribution < -0.4 is 10.6 Å². The Balaban J connectivity index is 1.08. The van der Waals surface area contributed by atoms with Gasteiger partial charge in [0.1, 0.15) is 0 Å². The summed E-state index contributed by atoms with van der Waals surface area (Å²) in [4.78, 5) is 55.2. The lowest BCUT2D eigenvalue weighted by atomic mass is 9.87. The Hall–Kier alpha value is -3.68. The van der Waals surface area contributed by atoms with Crippen molar-refractivity contribution < 1.29 is 19.2 Å². The summed E-state index contributed by atoms with van der Waals surface area (Å²) >= 11 is 0. The third-order valence-electron chi connectivity index (χ3n) is 9.25. The van der Waals surface area contributed by atoms with Crippen LogP contribution in [0.5, 0.6) is 0 Å². The lowest BCUT2D eigenvalue weighted by Crippen LogP contribution is -2.46. The number of anilines is 2. The van der Waals surface area contributed by atoms with Crippen molar-refractivity contribution in [3.05, 3.63) is 59.7 Å². The average molecular weight is 573 g/mol. The molecule has 1 saturated heterocycles. The first kappa shape index (κ1) is 29.8. The summed E-state index contributed by atoms with van der Waals surface area (Å²) in [5.41, 5.74) is 2.78. The van der Waals surface area contributed by atoms with Gasteiger partial charge in [-0.25, -0.2) is 0 Å². The molecule has 1 heterocycles. The number of benzene rings is 2. The van der Waals surface area contributed by atoms with Crippen LogP contribution in [0.15, 0.2) is 48.5 Å². The zero-order valence-electron chi connectivity index (χ0n) is 24.8. The van der Waals surface area contributed by atoms with Crippen molar-refractivity contribution in [2.24, 2.45) is 11.8 Å². The van der Waals surface area contributed by atoms with Gasteiger partial charge in [-0.05, 0) is 80.5 Å². The van der Waals surface area contributed by atoms with Gasteiger partial charge < -0.3 is 20.4 Å². The third kappa shape index (κ3) is 7.58. The molecule has 1 aliphatic heterocycles. The summed E-state index contributed by atoms with van der Waals surface area (Å²) in [5, 5.41) is 5.90. The Morgan fingerprint density at radius 1 is 0.738 bits per heavy atom. The number of nitrogens with zero attached hydrogens (tertiary/aromatic N) is 2. The van der Waals surface area contributed by atoms with E-state index in [1.54, 1.807) is 24.3 Å². The normalized spacial score (nSPS) is 19.7. The highest BCUT2D eigenvalue weighted by atomic mass is 16.2. The Morgan fingerprint density at radius 2 is 1.33 bits per heavy atom. The van der Waals surface area contributed by atoms with Crippen molar-refractivity contribution in [2.75, 3.05) is 30.8 Å². The summed E-state index contributed by atoms with van der Waals surface area (Å²) in [6, 6.07) is 14.7. The summed E-state index contributed by atoms with van der Waals surface area (Å²) in [7, 11) is 1.87. The minimum atomic E-state index is -0.207. The first-order chi connectivity index (χ1) is 20.4. The highest BCUT2D eigenvalue weighted by Gasteiger charge is 2.32. The van der Waals surface area contributed by atoms with E-state index >= 15 is 0 Å². The molecule has 2 saturated carbocycles. The molecule has 0 radical (unpaired) electrons. The van der Waals surface area contributed by atoms with Crippen LogP contribution in [0.1, 0.15) is 86.6 Å². The predicted molar refractivity (Wildman–Crippen MR) is 164 cm³/mol. The van der Waals surface area contributed by atoms with E-state index in [0.29, 0.717) is 29.5 Å². The molecule has 8 nitrogen and oxygen atoms in total. The second-order valence-electron chi connectivity index (χ2n) is 12.3. The van der Waals surface area contributed by atoms with Crippen LogP contribution in [0, 0.1) is 11.8 Å². The highest BCUT2D eigenvalue weighted by molar-refractivity contribution is 5.96. The topological polar surface area (TPSA) is 98.8 Å². The SMILES string of the molecule is CN(C(=O)c1ccc(NC(=O)Cc2ccc(NC(=O)C3CCCN(C(=O)C4CCCCC4)C3)cc2)cc1)C1CCCC1. The molecule has 1 unspecified atom stereocenters. The van der Waals surface area contributed by atoms with Crippen molar-refractivity contribution in [1.29, 1.82) is 0 Å². The smallest absolute Gasteiger partial charge is 0.253 e. The minimum Gasteiger partial charge on any atom is -0.342 e. The highest BCUT2D eigenvalue weighted by Crippen LogP contribution is 2.28. The molecule has 3 aliphatic rings. The predicted octanol–water partition coefficient (Wildman–Crippen LogP) is 5.64. The van der Waals surface area contributed by atoms with Gasteiger partial charge in [0.25, 0.3) is 5.91 Å². The van der Waals surface area contributed by atoms with Gasteiger partial charge in [0, 0.05) is 49.0 Å². The van der Waals surface area contributed by atoms with Crippen molar-refractivity contribution in [1.82, 2.24) is 9.80 Å². The maximum Gasteiger partial charge on any atom is 0.253 e. The quantitative estimate of drug-likeness (QED) is 0.428. The second kappa shape index (κ2) is 14.0. The van der Waals surface area contributed by atoms with Gasteiger partial charge in [-0.3, -0.25) is 19.2 Å². The molecule has 0 spiro atoms. The summed E-state index contributed by atoms with van der Waals surface area (Å²) < 4.78 is 0. The number of hydrogen-bond donors (Lipinski definition) is 2. The van der Waals surface area contributed by atoms with Gasteiger partial charge >= 0.3 is 0 Å². The number of amides is 4. The number of rotatable bonds is 8. The Morgan fingerprint density at radius 3 is 2.02 bits per heavy atom. The molecule has 3 fully saturated rings. The Labute approximate surface area is 249 Å². The summed E-state index contributed by atoms with van der Waals surface area (Å²) in [5.74, 6) is -0.0487. The molecule has 0 bridgehead atoms. The number of nitrogens with one attached hydrogen (secondary N) is 2. The molecule has 8 heteroatoms. The fourth-order valence-electron chi connectivity index (χ4n) is 6.70. The molecular formula is C34H44N4O4. The Kier molecular flexibility index (Phi) is 9.93. The van der Waals surface area contributed by atoms with Gasteiger partial charge in [-0.2, -0.15) is 0 Å². The van der Waals surface area contributed by atoms with Crippen LogP contribution in [0.3, 0.4) is 0 Å². The number of carbonyl (C=O) groups is 4. The van der Waals surface area contributed by atoms with Crippen LogP contribution in [0.4, 0.5) is 11.4 Å². The molecular weight excluding hydrogens is 528 g/mol. The molecule has 2 N–H and O–H groups in total. The molecule has 224 valence electrons. The summed E-state index contributed by atoms with van der Waals surface area (Å²) in [6.07, 6.45) is 11.7. The van der Waals surface area contributed by atoms with Crippen LogP contribution in [0.25, 0.3) is 0 Å². The van der Waals surface area contributed by atoms with E-state index in [2.05, 4.69) is 10.6 Å². The van der Waals surface area contributed by atoms with Crippen molar-refractivity contribution in [3.63, 3.8) is 0 Å². The standard InChI is InChI=1S/C34H44N4O4/c1-37(30-11-5-6-12-30)33(41)26-15-19-28(20-16-26)35-31(39)22-24-13-17-29(18-14-24)36-32(40)27-10-7-21-38(23-27)34(42)25-8-3-2-4-9-25/h13-20,25,27,30H,2-12,21-23H2,1H3,(H,35,39)(H,36,40). The molecule has 5 rings (SSSR count). The number of hydrogen-bond acceptors (Lipinski definition) is 4. The van der Waals surface area contributed by atoms with E-state index in [0.717, 1.165) is 63.5 Å². The number of carbonyl (C=O) groups excluding carboxylic acids is 4. The second-order valence-corrected chi connectivity index (χ2v) is 12.3.